The van der Waals surface area contributed by atoms with Crippen LogP contribution < -0.4 is 0 Å². The number of alkyl halides is 1. The second-order valence-electron chi connectivity index (χ2n) is 7.93. The predicted octanol–water partition coefficient (Wildman–Crippen LogP) is 8.02. The number of ether oxygens (including phenoxy) is 2. The van der Waals surface area contributed by atoms with Crippen molar-refractivity contribution >= 4 is 28.6 Å². The van der Waals surface area contributed by atoms with E-state index >= 15 is 0 Å². The quantitative estimate of drug-likeness (QED) is 0.0604. The van der Waals surface area contributed by atoms with Crippen LogP contribution in [0.1, 0.15) is 122 Å². The summed E-state index contributed by atoms with van der Waals surface area (Å²) in [5, 5.41) is 0. The number of unbranched alkanes of at least 4 members (excludes halogenated alkanes) is 15. The molecule has 4 heteroatoms. The molecule has 168 valence electrons. The topological polar surface area (TPSA) is 35.5 Å². The van der Waals surface area contributed by atoms with Crippen molar-refractivity contribution in [3.05, 3.63) is 0 Å². The predicted molar refractivity (Wildman–Crippen MR) is 129 cm³/mol. The van der Waals surface area contributed by atoms with Gasteiger partial charge in [-0.3, -0.25) is 4.79 Å². The Hall–Kier alpha value is 0.160. The molecule has 0 radical (unpaired) electrons. The number of hydrogen-bond donors (Lipinski definition) is 0. The van der Waals surface area contributed by atoms with Crippen molar-refractivity contribution in [1.82, 2.24) is 0 Å². The summed E-state index contributed by atoms with van der Waals surface area (Å²) in [6.45, 7) is 4.01. The lowest BCUT2D eigenvalue weighted by Crippen LogP contribution is -2.10. The Bertz CT molecular complexity index is 310. The fourth-order valence-electron chi connectivity index (χ4n) is 3.33. The molecule has 3 nitrogen and oxygen atoms in total. The molecule has 0 amide bonds. The Kier molecular flexibility index (Phi) is 25.3. The zero-order chi connectivity index (χ0) is 20.5. The normalized spacial score (nSPS) is 11.1. The zero-order valence-corrected chi connectivity index (χ0v) is 20.8. The number of carbonyl (C=O) groups is 1. The Balaban J connectivity index is 3.13. The highest BCUT2D eigenvalue weighted by Crippen LogP contribution is 2.13. The molecule has 0 rings (SSSR count). The number of carbonyl (C=O) groups excluding carboxylic acids is 1. The van der Waals surface area contributed by atoms with E-state index in [1.807, 2.05) is 0 Å². The minimum absolute atomic E-state index is 0.0614. The van der Waals surface area contributed by atoms with Crippen molar-refractivity contribution in [2.75, 3.05) is 24.2 Å². The van der Waals surface area contributed by atoms with E-state index in [0.29, 0.717) is 19.6 Å². The molecule has 0 fully saturated rings. The van der Waals surface area contributed by atoms with E-state index in [4.69, 9.17) is 9.47 Å². The lowest BCUT2D eigenvalue weighted by molar-refractivity contribution is -0.145. The summed E-state index contributed by atoms with van der Waals surface area (Å²) in [6, 6.07) is 0. The Morgan fingerprint density at radius 2 is 1.11 bits per heavy atom. The van der Waals surface area contributed by atoms with Crippen LogP contribution in [0, 0.1) is 0 Å². The first kappa shape index (κ1) is 28.2. The molecule has 0 aliphatic heterocycles. The number of hydrogen-bond acceptors (Lipinski definition) is 3. The van der Waals surface area contributed by atoms with E-state index in [-0.39, 0.29) is 5.97 Å². The molecule has 0 aromatic heterocycles. The molecule has 0 heterocycles. The first-order valence-electron chi connectivity index (χ1n) is 12.1. The molecule has 0 saturated carbocycles. The summed E-state index contributed by atoms with van der Waals surface area (Å²) in [5.41, 5.74) is 0. The number of halogens is 1. The van der Waals surface area contributed by atoms with Crippen LogP contribution >= 0.6 is 22.6 Å². The van der Waals surface area contributed by atoms with Crippen molar-refractivity contribution in [1.29, 1.82) is 0 Å². The van der Waals surface area contributed by atoms with Crippen LogP contribution in [0.5, 0.6) is 0 Å². The minimum Gasteiger partial charge on any atom is -0.463 e. The van der Waals surface area contributed by atoms with E-state index < -0.39 is 0 Å². The summed E-state index contributed by atoms with van der Waals surface area (Å²) in [4.78, 5) is 11.7. The first-order valence-corrected chi connectivity index (χ1v) is 13.6. The SMILES string of the molecule is CCCCCCCCCCCCCCCC(=O)OCCOCCCCCCI. The van der Waals surface area contributed by atoms with Gasteiger partial charge in [0.1, 0.15) is 6.61 Å². The van der Waals surface area contributed by atoms with Gasteiger partial charge in [0.05, 0.1) is 6.61 Å². The molecule has 0 aromatic carbocycles. The third kappa shape index (κ3) is 24.2. The summed E-state index contributed by atoms with van der Waals surface area (Å²) >= 11 is 2.42. The maximum atomic E-state index is 11.7. The zero-order valence-electron chi connectivity index (χ0n) is 18.7. The van der Waals surface area contributed by atoms with E-state index in [2.05, 4.69) is 29.5 Å². The highest BCUT2D eigenvalue weighted by Gasteiger charge is 2.02. The van der Waals surface area contributed by atoms with E-state index in [1.54, 1.807) is 0 Å². The molecule has 0 unspecified atom stereocenters. The highest BCUT2D eigenvalue weighted by atomic mass is 127. The monoisotopic (exact) mass is 510 g/mol. The molecule has 28 heavy (non-hydrogen) atoms. The molecular formula is C24H47IO3. The number of esters is 1. The Morgan fingerprint density at radius 1 is 0.607 bits per heavy atom. The maximum absolute atomic E-state index is 11.7. The summed E-state index contributed by atoms with van der Waals surface area (Å²) in [6.07, 6.45) is 22.8. The Labute approximate surface area is 189 Å². The van der Waals surface area contributed by atoms with Crippen molar-refractivity contribution in [3.63, 3.8) is 0 Å². The van der Waals surface area contributed by atoms with Gasteiger partial charge in [-0.1, -0.05) is 119 Å². The molecule has 0 aliphatic rings. The standard InChI is InChI=1S/C24H47IO3/c1-2-3-4-5-6-7-8-9-10-11-12-13-16-19-24(26)28-23-22-27-21-18-15-14-17-20-25/h2-23H2,1H3. The van der Waals surface area contributed by atoms with Gasteiger partial charge in [0.2, 0.25) is 0 Å². The van der Waals surface area contributed by atoms with Crippen LogP contribution in [-0.2, 0) is 14.3 Å². The maximum Gasteiger partial charge on any atom is 0.305 e. The van der Waals surface area contributed by atoms with Crippen molar-refractivity contribution in [2.45, 2.75) is 122 Å². The fraction of sp³-hybridized carbons (Fsp3) is 0.958. The van der Waals surface area contributed by atoms with E-state index in [9.17, 15) is 4.79 Å². The molecule has 0 spiro atoms. The van der Waals surface area contributed by atoms with Crippen molar-refractivity contribution in [2.24, 2.45) is 0 Å². The smallest absolute Gasteiger partial charge is 0.305 e. The summed E-state index contributed by atoms with van der Waals surface area (Å²) in [7, 11) is 0. The molecule has 0 N–H and O–H groups in total. The molecule has 0 aliphatic carbocycles. The average Bonchev–Trinajstić information content (AvgIpc) is 2.70. The largest absolute Gasteiger partial charge is 0.463 e. The van der Waals surface area contributed by atoms with Crippen LogP contribution in [-0.4, -0.2) is 30.2 Å². The minimum atomic E-state index is -0.0614. The molecule has 0 aromatic rings. The molecular weight excluding hydrogens is 463 g/mol. The van der Waals surface area contributed by atoms with E-state index in [0.717, 1.165) is 25.9 Å². The second kappa shape index (κ2) is 25.2. The molecule has 0 atom stereocenters. The van der Waals surface area contributed by atoms with Crippen LogP contribution in [0.25, 0.3) is 0 Å². The van der Waals surface area contributed by atoms with Gasteiger partial charge in [-0.25, -0.2) is 0 Å². The summed E-state index contributed by atoms with van der Waals surface area (Å²) in [5.74, 6) is -0.0614. The van der Waals surface area contributed by atoms with Crippen molar-refractivity contribution < 1.29 is 14.3 Å². The van der Waals surface area contributed by atoms with Gasteiger partial charge >= 0.3 is 5.97 Å². The van der Waals surface area contributed by atoms with Crippen molar-refractivity contribution in [3.8, 4) is 0 Å². The van der Waals surface area contributed by atoms with Gasteiger partial charge in [-0.2, -0.15) is 0 Å². The van der Waals surface area contributed by atoms with Crippen LogP contribution in [0.15, 0.2) is 0 Å². The third-order valence-corrected chi connectivity index (χ3v) is 5.91. The van der Waals surface area contributed by atoms with E-state index in [1.165, 1.54) is 94.3 Å². The van der Waals surface area contributed by atoms with Gasteiger partial charge in [-0.05, 0) is 23.7 Å². The van der Waals surface area contributed by atoms with Crippen LogP contribution in [0.2, 0.25) is 0 Å². The van der Waals surface area contributed by atoms with Gasteiger partial charge < -0.3 is 9.47 Å². The lowest BCUT2D eigenvalue weighted by Gasteiger charge is -2.06. The van der Waals surface area contributed by atoms with Crippen LogP contribution in [0.4, 0.5) is 0 Å². The van der Waals surface area contributed by atoms with Gasteiger partial charge in [0.25, 0.3) is 0 Å². The summed E-state index contributed by atoms with van der Waals surface area (Å²) < 4.78 is 12.0. The fourth-order valence-corrected chi connectivity index (χ4v) is 3.87. The second-order valence-corrected chi connectivity index (χ2v) is 9.01. The average molecular weight is 511 g/mol. The molecule has 0 saturated heterocycles. The van der Waals surface area contributed by atoms with Gasteiger partial charge in [0.15, 0.2) is 0 Å². The lowest BCUT2D eigenvalue weighted by atomic mass is 10.0. The number of rotatable bonds is 23. The first-order chi connectivity index (χ1) is 13.8. The van der Waals surface area contributed by atoms with Gasteiger partial charge in [0, 0.05) is 13.0 Å². The Morgan fingerprint density at radius 3 is 1.68 bits per heavy atom. The molecule has 0 bridgehead atoms. The van der Waals surface area contributed by atoms with Crippen LogP contribution in [0.3, 0.4) is 0 Å². The van der Waals surface area contributed by atoms with Gasteiger partial charge in [-0.15, -0.1) is 0 Å². The third-order valence-electron chi connectivity index (χ3n) is 5.15. The highest BCUT2D eigenvalue weighted by molar-refractivity contribution is 14.1.